The molecule has 0 unspecified atom stereocenters. The van der Waals surface area contributed by atoms with Crippen LogP contribution < -0.4 is 0 Å². The molecule has 0 radical (unpaired) electrons. The van der Waals surface area contributed by atoms with Crippen LogP contribution in [0.5, 0.6) is 0 Å². The number of rotatable bonds is 6. The molecule has 0 aromatic rings. The summed E-state index contributed by atoms with van der Waals surface area (Å²) in [4.78, 5) is 28.0. The Balaban J connectivity index is 2.75. The van der Waals surface area contributed by atoms with Crippen molar-refractivity contribution in [3.05, 3.63) is 11.8 Å². The first-order valence-electron chi connectivity index (χ1n) is 7.75. The van der Waals surface area contributed by atoms with E-state index < -0.39 is 17.9 Å². The summed E-state index contributed by atoms with van der Waals surface area (Å²) in [6.07, 6.45) is 10.0. The normalized spacial score (nSPS) is 16.2. The minimum atomic E-state index is -1.07. The molecule has 0 fully saturated rings. The van der Waals surface area contributed by atoms with Crippen molar-refractivity contribution in [3.63, 3.8) is 0 Å². The molecule has 0 aromatic heterocycles. The lowest BCUT2D eigenvalue weighted by Crippen LogP contribution is -2.29. The Morgan fingerprint density at radius 1 is 1.14 bits per heavy atom. The van der Waals surface area contributed by atoms with Crippen molar-refractivity contribution in [2.45, 2.75) is 52.4 Å². The third-order valence-electron chi connectivity index (χ3n) is 3.24. The number of carbonyl (C=O) groups is 2. The highest BCUT2D eigenvalue weighted by molar-refractivity contribution is 6.09. The molecule has 0 heterocycles. The third-order valence-corrected chi connectivity index (χ3v) is 3.24. The number of nitrogens with zero attached hydrogens (tertiary/aromatic N) is 1. The van der Waals surface area contributed by atoms with Crippen molar-refractivity contribution >= 4 is 18.2 Å². The summed E-state index contributed by atoms with van der Waals surface area (Å²) in [5, 5.41) is 0. The molecule has 0 aromatic carbocycles. The van der Waals surface area contributed by atoms with Crippen molar-refractivity contribution < 1.29 is 19.1 Å². The number of ether oxygens (including phenoxy) is 2. The second kappa shape index (κ2) is 10.1. The van der Waals surface area contributed by atoms with E-state index in [1.165, 1.54) is 19.1 Å². The van der Waals surface area contributed by atoms with Gasteiger partial charge in [-0.05, 0) is 39.5 Å². The lowest BCUT2D eigenvalue weighted by molar-refractivity contribution is -0.157. The van der Waals surface area contributed by atoms with E-state index in [0.29, 0.717) is 0 Å². The predicted octanol–water partition coefficient (Wildman–Crippen LogP) is 3.04. The summed E-state index contributed by atoms with van der Waals surface area (Å²) in [6.45, 7) is 3.86. The zero-order valence-corrected chi connectivity index (χ0v) is 13.0. The van der Waals surface area contributed by atoms with E-state index in [-0.39, 0.29) is 13.2 Å². The van der Waals surface area contributed by atoms with Gasteiger partial charge in [-0.2, -0.15) is 0 Å². The molecule has 1 aliphatic rings. The van der Waals surface area contributed by atoms with Crippen LogP contribution in [0.25, 0.3) is 0 Å². The van der Waals surface area contributed by atoms with Crippen LogP contribution in [0.2, 0.25) is 0 Å². The number of hydrogen-bond acceptors (Lipinski definition) is 5. The second-order valence-electron chi connectivity index (χ2n) is 4.91. The van der Waals surface area contributed by atoms with E-state index in [0.717, 1.165) is 31.4 Å². The van der Waals surface area contributed by atoms with E-state index in [2.05, 4.69) is 11.1 Å². The highest BCUT2D eigenvalue weighted by atomic mass is 16.6. The fourth-order valence-electron chi connectivity index (χ4n) is 2.14. The maximum absolute atomic E-state index is 11.8. The first kappa shape index (κ1) is 17.4. The zero-order valence-electron chi connectivity index (χ0n) is 13.0. The molecule has 0 atom stereocenters. The van der Waals surface area contributed by atoms with Gasteiger partial charge in [-0.15, -0.1) is 0 Å². The van der Waals surface area contributed by atoms with Crippen molar-refractivity contribution in [2.75, 3.05) is 13.2 Å². The molecule has 0 saturated heterocycles. The molecular formula is C16H25NO4. The molecule has 1 rings (SSSR count). The van der Waals surface area contributed by atoms with Gasteiger partial charge in [-0.1, -0.05) is 18.9 Å². The number of allylic oxidation sites excluding steroid dienone is 2. The Labute approximate surface area is 126 Å². The Hall–Kier alpha value is -1.65. The number of hydrogen-bond donors (Lipinski definition) is 0. The Morgan fingerprint density at radius 3 is 2.38 bits per heavy atom. The quantitative estimate of drug-likeness (QED) is 0.429. The van der Waals surface area contributed by atoms with Gasteiger partial charge in [-0.25, -0.2) is 0 Å². The van der Waals surface area contributed by atoms with Gasteiger partial charge in [0.05, 0.1) is 13.2 Å². The summed E-state index contributed by atoms with van der Waals surface area (Å²) in [5.41, 5.74) is 0.938. The highest BCUT2D eigenvalue weighted by Crippen LogP contribution is 2.18. The molecule has 0 N–H and O–H groups in total. The Bertz CT molecular complexity index is 383. The molecule has 0 aliphatic heterocycles. The van der Waals surface area contributed by atoms with Gasteiger partial charge in [0.2, 0.25) is 0 Å². The Kier molecular flexibility index (Phi) is 8.40. The van der Waals surface area contributed by atoms with E-state index in [1.807, 2.05) is 0 Å². The molecular weight excluding hydrogens is 270 g/mol. The van der Waals surface area contributed by atoms with Crippen molar-refractivity contribution in [2.24, 2.45) is 10.9 Å². The monoisotopic (exact) mass is 295 g/mol. The number of esters is 2. The van der Waals surface area contributed by atoms with Crippen LogP contribution in [0.1, 0.15) is 52.4 Å². The largest absolute Gasteiger partial charge is 0.465 e. The third kappa shape index (κ3) is 6.56. The average Bonchev–Trinajstić information content (AvgIpc) is 2.41. The van der Waals surface area contributed by atoms with Gasteiger partial charge < -0.3 is 9.47 Å². The summed E-state index contributed by atoms with van der Waals surface area (Å²) in [5.74, 6) is -2.28. The molecule has 0 amide bonds. The summed E-state index contributed by atoms with van der Waals surface area (Å²) >= 11 is 0. The maximum atomic E-state index is 11.8. The SMILES string of the molecule is CCOC(=O)C(C=NC1=CCCCCCC1)C(=O)OCC. The average molecular weight is 295 g/mol. The first-order valence-corrected chi connectivity index (χ1v) is 7.75. The topological polar surface area (TPSA) is 65.0 Å². The minimum Gasteiger partial charge on any atom is -0.465 e. The van der Waals surface area contributed by atoms with Crippen LogP contribution in [-0.4, -0.2) is 31.4 Å². The van der Waals surface area contributed by atoms with Gasteiger partial charge in [-0.3, -0.25) is 14.6 Å². The van der Waals surface area contributed by atoms with Gasteiger partial charge in [0, 0.05) is 11.9 Å². The van der Waals surface area contributed by atoms with Crippen LogP contribution in [0.4, 0.5) is 0 Å². The molecule has 0 saturated carbocycles. The van der Waals surface area contributed by atoms with E-state index in [1.54, 1.807) is 13.8 Å². The molecule has 21 heavy (non-hydrogen) atoms. The van der Waals surface area contributed by atoms with Gasteiger partial charge in [0.1, 0.15) is 0 Å². The maximum Gasteiger partial charge on any atom is 0.325 e. The lowest BCUT2D eigenvalue weighted by Gasteiger charge is -2.11. The van der Waals surface area contributed by atoms with Gasteiger partial charge in [0.15, 0.2) is 5.92 Å². The summed E-state index contributed by atoms with van der Waals surface area (Å²) < 4.78 is 9.81. The Morgan fingerprint density at radius 2 is 1.76 bits per heavy atom. The number of carbonyl (C=O) groups excluding carboxylic acids is 2. The fourth-order valence-corrected chi connectivity index (χ4v) is 2.14. The smallest absolute Gasteiger partial charge is 0.325 e. The van der Waals surface area contributed by atoms with Crippen LogP contribution in [0.15, 0.2) is 16.8 Å². The first-order chi connectivity index (χ1) is 10.2. The molecule has 5 nitrogen and oxygen atoms in total. The van der Waals surface area contributed by atoms with Crippen LogP contribution in [-0.2, 0) is 19.1 Å². The predicted molar refractivity (Wildman–Crippen MR) is 81.0 cm³/mol. The van der Waals surface area contributed by atoms with Crippen LogP contribution in [0, 0.1) is 5.92 Å². The molecule has 1 aliphatic carbocycles. The van der Waals surface area contributed by atoms with E-state index >= 15 is 0 Å². The van der Waals surface area contributed by atoms with Gasteiger partial charge >= 0.3 is 11.9 Å². The highest BCUT2D eigenvalue weighted by Gasteiger charge is 2.27. The molecule has 5 heteroatoms. The molecule has 0 spiro atoms. The fraction of sp³-hybridized carbons (Fsp3) is 0.688. The van der Waals surface area contributed by atoms with Gasteiger partial charge in [0.25, 0.3) is 0 Å². The van der Waals surface area contributed by atoms with Crippen molar-refractivity contribution in [1.29, 1.82) is 0 Å². The summed E-state index contributed by atoms with van der Waals surface area (Å²) in [7, 11) is 0. The second-order valence-corrected chi connectivity index (χ2v) is 4.91. The molecule has 0 bridgehead atoms. The van der Waals surface area contributed by atoms with Crippen LogP contribution in [0.3, 0.4) is 0 Å². The van der Waals surface area contributed by atoms with Crippen molar-refractivity contribution in [1.82, 2.24) is 0 Å². The number of aliphatic imine (C=N–C) groups is 1. The van der Waals surface area contributed by atoms with E-state index in [4.69, 9.17) is 9.47 Å². The van der Waals surface area contributed by atoms with Crippen LogP contribution >= 0.6 is 0 Å². The summed E-state index contributed by atoms with van der Waals surface area (Å²) in [6, 6.07) is 0. The van der Waals surface area contributed by atoms with Crippen molar-refractivity contribution in [3.8, 4) is 0 Å². The lowest BCUT2D eigenvalue weighted by atomic mass is 10.0. The standard InChI is InChI=1S/C16H25NO4/c1-3-20-15(18)14(16(19)21-4-2)12-17-13-10-8-6-5-7-9-11-13/h10,12,14H,3-9,11H2,1-2H3. The van der Waals surface area contributed by atoms with E-state index in [9.17, 15) is 9.59 Å². The zero-order chi connectivity index (χ0) is 15.5. The minimum absolute atomic E-state index is 0.227. The molecule has 118 valence electrons.